The van der Waals surface area contributed by atoms with E-state index in [4.69, 9.17) is 18.0 Å². The van der Waals surface area contributed by atoms with Crippen LogP contribution < -0.4 is 5.32 Å². The van der Waals surface area contributed by atoms with Gasteiger partial charge in [-0.15, -0.1) is 12.3 Å². The number of nitrogens with one attached hydrogen (secondary N) is 1. The van der Waals surface area contributed by atoms with E-state index < -0.39 is 0 Å². The molecule has 84 valence electrons. The molecule has 1 aromatic rings. The summed E-state index contributed by atoms with van der Waals surface area (Å²) in [5, 5.41) is 2.87. The lowest BCUT2D eigenvalue weighted by molar-refractivity contribution is -0.116. The van der Waals surface area contributed by atoms with E-state index in [1.807, 2.05) is 0 Å². The number of nitrogens with zero attached hydrogens (tertiary/aromatic N) is 2. The van der Waals surface area contributed by atoms with Crippen LogP contribution in [0.1, 0.15) is 25.7 Å². The summed E-state index contributed by atoms with van der Waals surface area (Å²) in [6, 6.07) is 1.55. The van der Waals surface area contributed by atoms with E-state index in [0.29, 0.717) is 18.0 Å². The third-order valence-electron chi connectivity index (χ3n) is 1.85. The van der Waals surface area contributed by atoms with Crippen LogP contribution in [0.15, 0.2) is 12.3 Å². The summed E-state index contributed by atoms with van der Waals surface area (Å²) in [6.07, 6.45) is 9.31. The lowest BCUT2D eigenvalue weighted by Gasteiger charge is -2.02. The van der Waals surface area contributed by atoms with E-state index in [1.54, 1.807) is 6.07 Å². The number of carbonyl (C=O) groups is 1. The molecule has 0 spiro atoms. The molecule has 5 heteroatoms. The summed E-state index contributed by atoms with van der Waals surface area (Å²) in [5.74, 6) is 2.63. The largest absolute Gasteiger partial charge is 0.294 e. The fraction of sp³-hybridized carbons (Fsp3) is 0.364. The minimum Gasteiger partial charge on any atom is -0.294 e. The quantitative estimate of drug-likeness (QED) is 0.486. The highest BCUT2D eigenvalue weighted by molar-refractivity contribution is 6.29. The summed E-state index contributed by atoms with van der Waals surface area (Å²) in [7, 11) is 0. The van der Waals surface area contributed by atoms with Crippen molar-refractivity contribution in [2.24, 2.45) is 0 Å². The second-order valence-electron chi connectivity index (χ2n) is 3.16. The molecule has 16 heavy (non-hydrogen) atoms. The van der Waals surface area contributed by atoms with E-state index in [1.165, 1.54) is 6.20 Å². The third kappa shape index (κ3) is 4.76. The van der Waals surface area contributed by atoms with Crippen molar-refractivity contribution < 1.29 is 4.79 Å². The second-order valence-corrected chi connectivity index (χ2v) is 3.55. The first-order valence-corrected chi connectivity index (χ1v) is 5.32. The molecule has 4 nitrogen and oxygen atoms in total. The molecule has 0 atom stereocenters. The molecule has 0 aliphatic rings. The zero-order valence-corrected chi connectivity index (χ0v) is 9.50. The number of hydrogen-bond acceptors (Lipinski definition) is 3. The summed E-state index contributed by atoms with van der Waals surface area (Å²) >= 11 is 5.65. The predicted octanol–water partition coefficient (Wildman–Crippen LogP) is 2.26. The molecule has 0 aliphatic heterocycles. The molecule has 0 saturated heterocycles. The first-order valence-electron chi connectivity index (χ1n) is 4.94. The Labute approximate surface area is 99.4 Å². The van der Waals surface area contributed by atoms with Gasteiger partial charge in [-0.3, -0.25) is 10.1 Å². The molecule has 0 unspecified atom stereocenters. The maximum absolute atomic E-state index is 11.4. The molecule has 1 rings (SSSR count). The highest BCUT2D eigenvalue weighted by Gasteiger charge is 2.04. The normalized spacial score (nSPS) is 9.50. The average Bonchev–Trinajstić information content (AvgIpc) is 2.24. The number of halogens is 1. The van der Waals surface area contributed by atoms with Gasteiger partial charge < -0.3 is 0 Å². The zero-order chi connectivity index (χ0) is 11.8. The molecule has 0 aromatic carbocycles. The Kier molecular flexibility index (Phi) is 5.30. The second kappa shape index (κ2) is 6.81. The minimum absolute atomic E-state index is 0.126. The number of hydrogen-bond donors (Lipinski definition) is 1. The maximum Gasteiger partial charge on any atom is 0.230 e. The van der Waals surface area contributed by atoms with Crippen LogP contribution in [0.25, 0.3) is 0 Å². The van der Waals surface area contributed by atoms with Crippen molar-refractivity contribution in [3.05, 3.63) is 17.4 Å². The standard InChI is InChI=1S/C11H12ClN3O/c1-2-3-4-5-6-10(16)15-11-13-8-7-9(12)14-11/h1,7-8H,3-6H2,(H,13,14,15,16). The van der Waals surface area contributed by atoms with Crippen molar-refractivity contribution in [3.63, 3.8) is 0 Å². The van der Waals surface area contributed by atoms with Gasteiger partial charge in [0.05, 0.1) is 0 Å². The fourth-order valence-electron chi connectivity index (χ4n) is 1.10. The van der Waals surface area contributed by atoms with Crippen molar-refractivity contribution in [1.29, 1.82) is 0 Å². The molecule has 0 fully saturated rings. The molecule has 1 heterocycles. The summed E-state index contributed by atoms with van der Waals surface area (Å²) < 4.78 is 0. The van der Waals surface area contributed by atoms with Gasteiger partial charge in [-0.25, -0.2) is 9.97 Å². The number of unbranched alkanes of at least 4 members (excludes halogenated alkanes) is 2. The van der Waals surface area contributed by atoms with Gasteiger partial charge in [0.2, 0.25) is 11.9 Å². The zero-order valence-electron chi connectivity index (χ0n) is 8.74. The Hall–Kier alpha value is -1.60. The fourth-order valence-corrected chi connectivity index (χ4v) is 1.23. The first-order chi connectivity index (χ1) is 7.72. The number of terminal acetylenes is 1. The van der Waals surface area contributed by atoms with Crippen molar-refractivity contribution in [2.45, 2.75) is 25.7 Å². The Morgan fingerprint density at radius 1 is 1.56 bits per heavy atom. The van der Waals surface area contributed by atoms with Gasteiger partial charge in [0.15, 0.2) is 0 Å². The topological polar surface area (TPSA) is 54.9 Å². The van der Waals surface area contributed by atoms with E-state index in [-0.39, 0.29) is 11.9 Å². The monoisotopic (exact) mass is 237 g/mol. The van der Waals surface area contributed by atoms with E-state index in [0.717, 1.165) is 12.8 Å². The number of aromatic nitrogens is 2. The Morgan fingerprint density at radius 2 is 2.38 bits per heavy atom. The lowest BCUT2D eigenvalue weighted by Crippen LogP contribution is -2.13. The molecular formula is C11H12ClN3O. The Morgan fingerprint density at radius 3 is 3.06 bits per heavy atom. The van der Waals surface area contributed by atoms with Gasteiger partial charge in [0.1, 0.15) is 5.15 Å². The molecule has 1 N–H and O–H groups in total. The molecule has 1 amide bonds. The van der Waals surface area contributed by atoms with Crippen molar-refractivity contribution in [1.82, 2.24) is 9.97 Å². The summed E-state index contributed by atoms with van der Waals surface area (Å²) in [6.45, 7) is 0. The van der Waals surface area contributed by atoms with Gasteiger partial charge >= 0.3 is 0 Å². The van der Waals surface area contributed by atoms with Crippen molar-refractivity contribution in [3.8, 4) is 12.3 Å². The molecular weight excluding hydrogens is 226 g/mol. The van der Waals surface area contributed by atoms with Crippen LogP contribution in [0, 0.1) is 12.3 Å². The SMILES string of the molecule is C#CCCCCC(=O)Nc1nccc(Cl)n1. The molecule has 0 saturated carbocycles. The lowest BCUT2D eigenvalue weighted by atomic mass is 10.2. The average molecular weight is 238 g/mol. The third-order valence-corrected chi connectivity index (χ3v) is 2.06. The summed E-state index contributed by atoms with van der Waals surface area (Å²) in [4.78, 5) is 19.1. The molecule has 0 radical (unpaired) electrons. The van der Waals surface area contributed by atoms with Crippen LogP contribution in [-0.4, -0.2) is 15.9 Å². The highest BCUT2D eigenvalue weighted by Crippen LogP contribution is 2.07. The van der Waals surface area contributed by atoms with E-state index in [2.05, 4.69) is 21.2 Å². The van der Waals surface area contributed by atoms with Crippen LogP contribution in [0.2, 0.25) is 5.15 Å². The molecule has 0 aliphatic carbocycles. The summed E-state index contributed by atoms with van der Waals surface area (Å²) in [5.41, 5.74) is 0. The van der Waals surface area contributed by atoms with Crippen molar-refractivity contribution >= 4 is 23.5 Å². The number of anilines is 1. The molecule has 0 bridgehead atoms. The highest BCUT2D eigenvalue weighted by atomic mass is 35.5. The Balaban J connectivity index is 2.32. The van der Waals surface area contributed by atoms with Gasteiger partial charge in [-0.05, 0) is 18.9 Å². The van der Waals surface area contributed by atoms with Crippen LogP contribution in [-0.2, 0) is 4.79 Å². The van der Waals surface area contributed by atoms with Crippen LogP contribution in [0.3, 0.4) is 0 Å². The smallest absolute Gasteiger partial charge is 0.230 e. The molecule has 1 aromatic heterocycles. The van der Waals surface area contributed by atoms with E-state index >= 15 is 0 Å². The van der Waals surface area contributed by atoms with Gasteiger partial charge in [0.25, 0.3) is 0 Å². The van der Waals surface area contributed by atoms with Gasteiger partial charge in [-0.1, -0.05) is 11.6 Å². The van der Waals surface area contributed by atoms with Gasteiger partial charge in [0, 0.05) is 19.0 Å². The van der Waals surface area contributed by atoms with Crippen molar-refractivity contribution in [2.75, 3.05) is 5.32 Å². The Bertz CT molecular complexity index is 400. The number of amides is 1. The van der Waals surface area contributed by atoms with Crippen LogP contribution in [0.4, 0.5) is 5.95 Å². The maximum atomic E-state index is 11.4. The van der Waals surface area contributed by atoms with Gasteiger partial charge in [-0.2, -0.15) is 0 Å². The van der Waals surface area contributed by atoms with E-state index in [9.17, 15) is 4.79 Å². The van der Waals surface area contributed by atoms with Crippen LogP contribution >= 0.6 is 11.6 Å². The number of carbonyl (C=O) groups excluding carboxylic acids is 1. The minimum atomic E-state index is -0.126. The first kappa shape index (κ1) is 12.5. The predicted molar refractivity (Wildman–Crippen MR) is 63.0 cm³/mol. The van der Waals surface area contributed by atoms with Crippen LogP contribution in [0.5, 0.6) is 0 Å². The number of rotatable bonds is 5.